The molecule has 0 aliphatic carbocycles. The van der Waals surface area contributed by atoms with Gasteiger partial charge in [-0.2, -0.15) is 0 Å². The van der Waals surface area contributed by atoms with Gasteiger partial charge in [0.25, 0.3) is 0 Å². The summed E-state index contributed by atoms with van der Waals surface area (Å²) in [4.78, 5) is 27.8. The van der Waals surface area contributed by atoms with Gasteiger partial charge < -0.3 is 19.6 Å². The standard InChI is InChI=1S/C14H24N2O4/c1-4-15-6-10(5-12(15)18)13(19)16-7-11(8-17)20-14(2,3)9-16/h10-11,17H,4-9H2,1-3H3. The Morgan fingerprint density at radius 3 is 2.70 bits per heavy atom. The quantitative estimate of drug-likeness (QED) is 0.783. The number of ether oxygens (including phenoxy) is 1. The summed E-state index contributed by atoms with van der Waals surface area (Å²) in [6, 6.07) is 0. The summed E-state index contributed by atoms with van der Waals surface area (Å²) in [7, 11) is 0. The van der Waals surface area contributed by atoms with Crippen LogP contribution in [-0.4, -0.2) is 71.2 Å². The van der Waals surface area contributed by atoms with Crippen molar-refractivity contribution in [3.05, 3.63) is 0 Å². The first kappa shape index (κ1) is 15.3. The van der Waals surface area contributed by atoms with E-state index in [4.69, 9.17) is 4.74 Å². The zero-order valence-corrected chi connectivity index (χ0v) is 12.5. The molecule has 2 atom stereocenters. The molecule has 6 nitrogen and oxygen atoms in total. The van der Waals surface area contributed by atoms with Crippen molar-refractivity contribution in [2.75, 3.05) is 32.8 Å². The van der Waals surface area contributed by atoms with Crippen LogP contribution in [-0.2, 0) is 14.3 Å². The molecule has 20 heavy (non-hydrogen) atoms. The monoisotopic (exact) mass is 284 g/mol. The molecule has 2 fully saturated rings. The minimum Gasteiger partial charge on any atom is -0.394 e. The Morgan fingerprint density at radius 1 is 1.45 bits per heavy atom. The molecular formula is C14H24N2O4. The van der Waals surface area contributed by atoms with Crippen LogP contribution in [0.4, 0.5) is 0 Å². The lowest BCUT2D eigenvalue weighted by Crippen LogP contribution is -2.56. The van der Waals surface area contributed by atoms with Crippen LogP contribution in [0, 0.1) is 5.92 Å². The van der Waals surface area contributed by atoms with Crippen LogP contribution in [0.25, 0.3) is 0 Å². The van der Waals surface area contributed by atoms with E-state index in [2.05, 4.69) is 0 Å². The Hall–Kier alpha value is -1.14. The second-order valence-corrected chi connectivity index (χ2v) is 6.23. The van der Waals surface area contributed by atoms with Gasteiger partial charge >= 0.3 is 0 Å². The Kier molecular flexibility index (Phi) is 4.34. The van der Waals surface area contributed by atoms with Gasteiger partial charge in [-0.25, -0.2) is 0 Å². The van der Waals surface area contributed by atoms with Crippen molar-refractivity contribution in [2.24, 2.45) is 5.92 Å². The summed E-state index contributed by atoms with van der Waals surface area (Å²) in [5.41, 5.74) is -0.464. The van der Waals surface area contributed by atoms with Crippen molar-refractivity contribution >= 4 is 11.8 Å². The predicted molar refractivity (Wildman–Crippen MR) is 73.0 cm³/mol. The second-order valence-electron chi connectivity index (χ2n) is 6.23. The van der Waals surface area contributed by atoms with Gasteiger partial charge in [-0.05, 0) is 20.8 Å². The maximum absolute atomic E-state index is 12.6. The van der Waals surface area contributed by atoms with Crippen LogP contribution in [0.1, 0.15) is 27.2 Å². The highest BCUT2D eigenvalue weighted by Gasteiger charge is 2.40. The molecule has 0 radical (unpaired) electrons. The Bertz CT molecular complexity index is 397. The van der Waals surface area contributed by atoms with E-state index in [1.807, 2.05) is 20.8 Å². The van der Waals surface area contributed by atoms with Crippen molar-refractivity contribution < 1.29 is 19.4 Å². The first-order chi connectivity index (χ1) is 9.36. The molecule has 2 unspecified atom stereocenters. The summed E-state index contributed by atoms with van der Waals surface area (Å²) in [6.45, 7) is 7.70. The average molecular weight is 284 g/mol. The smallest absolute Gasteiger partial charge is 0.228 e. The van der Waals surface area contributed by atoms with E-state index in [0.717, 1.165) is 0 Å². The lowest BCUT2D eigenvalue weighted by molar-refractivity contribution is -0.169. The molecule has 0 saturated carbocycles. The Labute approximate surface area is 119 Å². The molecule has 0 spiro atoms. The molecule has 114 valence electrons. The molecule has 0 aromatic heterocycles. The third kappa shape index (κ3) is 3.12. The topological polar surface area (TPSA) is 70.1 Å². The fourth-order valence-corrected chi connectivity index (χ4v) is 3.06. The molecule has 2 aliphatic rings. The van der Waals surface area contributed by atoms with E-state index in [1.54, 1.807) is 9.80 Å². The second kappa shape index (κ2) is 5.69. The maximum Gasteiger partial charge on any atom is 0.228 e. The number of carbonyl (C=O) groups excluding carboxylic acids is 2. The van der Waals surface area contributed by atoms with Gasteiger partial charge in [-0.3, -0.25) is 9.59 Å². The number of carbonyl (C=O) groups is 2. The van der Waals surface area contributed by atoms with Crippen LogP contribution < -0.4 is 0 Å². The number of hydrogen-bond donors (Lipinski definition) is 1. The molecule has 2 aliphatic heterocycles. The van der Waals surface area contributed by atoms with Gasteiger partial charge in [0, 0.05) is 32.6 Å². The largest absolute Gasteiger partial charge is 0.394 e. The third-order valence-corrected chi connectivity index (χ3v) is 3.94. The van der Waals surface area contributed by atoms with E-state index in [9.17, 15) is 14.7 Å². The third-order valence-electron chi connectivity index (χ3n) is 3.94. The lowest BCUT2D eigenvalue weighted by atomic mass is 10.0. The van der Waals surface area contributed by atoms with Crippen molar-refractivity contribution in [3.63, 3.8) is 0 Å². The minimum absolute atomic E-state index is 0.00382. The van der Waals surface area contributed by atoms with Gasteiger partial charge in [0.1, 0.15) is 0 Å². The van der Waals surface area contributed by atoms with Crippen molar-refractivity contribution in [2.45, 2.75) is 38.9 Å². The number of aliphatic hydroxyl groups is 1. The van der Waals surface area contributed by atoms with E-state index >= 15 is 0 Å². The Morgan fingerprint density at radius 2 is 2.15 bits per heavy atom. The first-order valence-electron chi connectivity index (χ1n) is 7.21. The van der Waals surface area contributed by atoms with Crippen LogP contribution in [0.15, 0.2) is 0 Å². The number of morpholine rings is 1. The molecule has 1 N–H and O–H groups in total. The fraction of sp³-hybridized carbons (Fsp3) is 0.857. The highest BCUT2D eigenvalue weighted by Crippen LogP contribution is 2.25. The van der Waals surface area contributed by atoms with Crippen molar-refractivity contribution in [3.8, 4) is 0 Å². The van der Waals surface area contributed by atoms with Gasteiger partial charge in [0.2, 0.25) is 11.8 Å². The molecular weight excluding hydrogens is 260 g/mol. The molecule has 2 amide bonds. The van der Waals surface area contributed by atoms with Crippen LogP contribution >= 0.6 is 0 Å². The summed E-state index contributed by atoms with van der Waals surface area (Å²) in [5, 5.41) is 9.29. The van der Waals surface area contributed by atoms with Gasteiger partial charge in [0.15, 0.2) is 0 Å². The summed E-state index contributed by atoms with van der Waals surface area (Å²) < 4.78 is 5.71. The molecule has 0 aromatic carbocycles. The summed E-state index contributed by atoms with van der Waals surface area (Å²) >= 11 is 0. The van der Waals surface area contributed by atoms with Crippen LogP contribution in [0.3, 0.4) is 0 Å². The van der Waals surface area contributed by atoms with Gasteiger partial charge in [-0.15, -0.1) is 0 Å². The summed E-state index contributed by atoms with van der Waals surface area (Å²) in [5.74, 6) is -0.197. The molecule has 6 heteroatoms. The number of amides is 2. The molecule has 0 bridgehead atoms. The van der Waals surface area contributed by atoms with Crippen LogP contribution in [0.2, 0.25) is 0 Å². The SMILES string of the molecule is CCN1CC(C(=O)N2CC(CO)OC(C)(C)C2)CC1=O. The lowest BCUT2D eigenvalue weighted by Gasteiger charge is -2.43. The number of likely N-dealkylation sites (tertiary alicyclic amines) is 1. The predicted octanol–water partition coefficient (Wildman–Crippen LogP) is -0.147. The van der Waals surface area contributed by atoms with E-state index in [1.165, 1.54) is 0 Å². The van der Waals surface area contributed by atoms with Crippen LogP contribution in [0.5, 0.6) is 0 Å². The summed E-state index contributed by atoms with van der Waals surface area (Å²) in [6.07, 6.45) is -0.0454. The fourth-order valence-electron chi connectivity index (χ4n) is 3.06. The molecule has 2 saturated heterocycles. The zero-order chi connectivity index (χ0) is 14.9. The number of nitrogens with zero attached hydrogens (tertiary/aromatic N) is 2. The number of hydrogen-bond acceptors (Lipinski definition) is 4. The zero-order valence-electron chi connectivity index (χ0n) is 12.5. The van der Waals surface area contributed by atoms with Gasteiger partial charge in [0.05, 0.1) is 24.2 Å². The number of aliphatic hydroxyl groups excluding tert-OH is 1. The van der Waals surface area contributed by atoms with E-state index < -0.39 is 5.60 Å². The first-order valence-corrected chi connectivity index (χ1v) is 7.21. The normalized spacial score (nSPS) is 29.9. The molecule has 2 heterocycles. The van der Waals surface area contributed by atoms with E-state index in [-0.39, 0.29) is 30.4 Å². The maximum atomic E-state index is 12.6. The van der Waals surface area contributed by atoms with Crippen molar-refractivity contribution in [1.82, 2.24) is 9.80 Å². The van der Waals surface area contributed by atoms with Gasteiger partial charge in [-0.1, -0.05) is 0 Å². The number of rotatable bonds is 3. The molecule has 2 rings (SSSR count). The van der Waals surface area contributed by atoms with Crippen molar-refractivity contribution in [1.29, 1.82) is 0 Å². The van der Waals surface area contributed by atoms with E-state index in [0.29, 0.717) is 32.6 Å². The average Bonchev–Trinajstić information content (AvgIpc) is 2.77. The minimum atomic E-state index is -0.464. The molecule has 0 aromatic rings. The highest BCUT2D eigenvalue weighted by molar-refractivity contribution is 5.89. The Balaban J connectivity index is 2.03. The highest BCUT2D eigenvalue weighted by atomic mass is 16.5.